The highest BCUT2D eigenvalue weighted by molar-refractivity contribution is 5.88. The number of aromatic amines is 1. The number of phenolic OH excluding ortho intramolecular Hbond substituents is 1. The topological polar surface area (TPSA) is 78.0 Å². The summed E-state index contributed by atoms with van der Waals surface area (Å²) in [7, 11) is 0. The molecule has 1 aromatic heterocycles. The summed E-state index contributed by atoms with van der Waals surface area (Å²) in [5.41, 5.74) is 2.57. The van der Waals surface area contributed by atoms with E-state index in [9.17, 15) is 9.90 Å². The van der Waals surface area contributed by atoms with Gasteiger partial charge in [-0.2, -0.15) is 0 Å². The van der Waals surface area contributed by atoms with Crippen LogP contribution in [-0.2, 0) is 6.42 Å². The van der Waals surface area contributed by atoms with E-state index in [0.29, 0.717) is 17.2 Å². The number of benzene rings is 3. The second-order valence-electron chi connectivity index (χ2n) is 7.35. The first-order valence-corrected chi connectivity index (χ1v) is 10.3. The molecule has 0 fully saturated rings. The summed E-state index contributed by atoms with van der Waals surface area (Å²) >= 11 is 0. The molecule has 0 bridgehead atoms. The number of rotatable bonds is 7. The zero-order valence-electron chi connectivity index (χ0n) is 17.0. The van der Waals surface area contributed by atoms with Gasteiger partial charge in [0.15, 0.2) is 0 Å². The normalized spacial score (nSPS) is 11.0. The van der Waals surface area contributed by atoms with E-state index in [1.54, 1.807) is 6.07 Å². The van der Waals surface area contributed by atoms with Crippen molar-refractivity contribution in [2.45, 2.75) is 26.2 Å². The molecule has 0 saturated carbocycles. The van der Waals surface area contributed by atoms with Gasteiger partial charge in [0, 0.05) is 29.7 Å². The average molecular weight is 399 g/mol. The molecule has 1 heterocycles. The Balaban J connectivity index is 1.84. The van der Waals surface area contributed by atoms with Crippen molar-refractivity contribution in [3.8, 4) is 17.0 Å². The molecule has 5 heteroatoms. The fourth-order valence-electron chi connectivity index (χ4n) is 3.65. The second-order valence-corrected chi connectivity index (χ2v) is 7.35. The summed E-state index contributed by atoms with van der Waals surface area (Å²) in [6.45, 7) is 2.87. The molecule has 0 spiro atoms. The SMILES string of the molecule is CCCCNc1nc(-c2ccccc2)c(Cc2c(O)ccc3ccccc23)c(=O)[nH]1. The van der Waals surface area contributed by atoms with Gasteiger partial charge in [-0.3, -0.25) is 9.78 Å². The number of fused-ring (bicyclic) bond motifs is 1. The van der Waals surface area contributed by atoms with Crippen LogP contribution in [0.4, 0.5) is 5.95 Å². The van der Waals surface area contributed by atoms with Gasteiger partial charge in [0.05, 0.1) is 5.69 Å². The Morgan fingerprint density at radius 2 is 1.73 bits per heavy atom. The number of aromatic hydroxyl groups is 1. The van der Waals surface area contributed by atoms with Gasteiger partial charge in [0.25, 0.3) is 5.56 Å². The van der Waals surface area contributed by atoms with Gasteiger partial charge >= 0.3 is 0 Å². The number of unbranched alkanes of at least 4 members (excludes halogenated alkanes) is 1. The molecule has 0 aliphatic carbocycles. The summed E-state index contributed by atoms with van der Waals surface area (Å²) in [4.78, 5) is 20.7. The first-order valence-electron chi connectivity index (χ1n) is 10.3. The minimum absolute atomic E-state index is 0.178. The quantitative estimate of drug-likeness (QED) is 0.378. The van der Waals surface area contributed by atoms with E-state index in [2.05, 4.69) is 17.2 Å². The minimum atomic E-state index is -0.199. The number of H-pyrrole nitrogens is 1. The Labute approximate surface area is 175 Å². The number of nitrogens with zero attached hydrogens (tertiary/aromatic N) is 1. The maximum absolute atomic E-state index is 13.1. The lowest BCUT2D eigenvalue weighted by molar-refractivity contribution is 0.470. The lowest BCUT2D eigenvalue weighted by Gasteiger charge is -2.14. The highest BCUT2D eigenvalue weighted by Gasteiger charge is 2.17. The Morgan fingerprint density at radius 3 is 2.53 bits per heavy atom. The lowest BCUT2D eigenvalue weighted by atomic mass is 9.95. The van der Waals surface area contributed by atoms with Crippen LogP contribution in [0.3, 0.4) is 0 Å². The molecule has 30 heavy (non-hydrogen) atoms. The maximum atomic E-state index is 13.1. The number of nitrogens with one attached hydrogen (secondary N) is 2. The largest absolute Gasteiger partial charge is 0.508 e. The highest BCUT2D eigenvalue weighted by atomic mass is 16.3. The Morgan fingerprint density at radius 1 is 0.967 bits per heavy atom. The first-order chi connectivity index (χ1) is 14.7. The molecule has 0 aliphatic rings. The molecule has 0 amide bonds. The number of hydrogen-bond acceptors (Lipinski definition) is 4. The Hall–Kier alpha value is -3.60. The molecule has 0 aliphatic heterocycles. The smallest absolute Gasteiger partial charge is 0.256 e. The minimum Gasteiger partial charge on any atom is -0.508 e. The van der Waals surface area contributed by atoms with Crippen LogP contribution in [0.5, 0.6) is 5.75 Å². The van der Waals surface area contributed by atoms with E-state index in [1.165, 1.54) is 0 Å². The molecular weight excluding hydrogens is 374 g/mol. The summed E-state index contributed by atoms with van der Waals surface area (Å²) in [5.74, 6) is 0.649. The molecular formula is C25H25N3O2. The lowest BCUT2D eigenvalue weighted by Crippen LogP contribution is -2.20. The van der Waals surface area contributed by atoms with E-state index in [4.69, 9.17) is 4.98 Å². The molecule has 0 unspecified atom stereocenters. The van der Waals surface area contributed by atoms with E-state index >= 15 is 0 Å². The monoisotopic (exact) mass is 399 g/mol. The van der Waals surface area contributed by atoms with E-state index in [1.807, 2.05) is 60.7 Å². The van der Waals surface area contributed by atoms with Crippen molar-refractivity contribution in [1.82, 2.24) is 9.97 Å². The summed E-state index contributed by atoms with van der Waals surface area (Å²) < 4.78 is 0. The van der Waals surface area contributed by atoms with Gasteiger partial charge in [-0.05, 0) is 23.3 Å². The number of phenols is 1. The van der Waals surface area contributed by atoms with Crippen molar-refractivity contribution < 1.29 is 5.11 Å². The van der Waals surface area contributed by atoms with E-state index < -0.39 is 0 Å². The average Bonchev–Trinajstić information content (AvgIpc) is 2.77. The van der Waals surface area contributed by atoms with Crippen molar-refractivity contribution in [1.29, 1.82) is 0 Å². The molecule has 3 aromatic carbocycles. The van der Waals surface area contributed by atoms with Crippen molar-refractivity contribution in [2.24, 2.45) is 0 Å². The van der Waals surface area contributed by atoms with Crippen molar-refractivity contribution >= 4 is 16.7 Å². The summed E-state index contributed by atoms with van der Waals surface area (Å²) in [6.07, 6.45) is 2.34. The van der Waals surface area contributed by atoms with E-state index in [-0.39, 0.29) is 17.7 Å². The summed E-state index contributed by atoms with van der Waals surface area (Å²) in [5, 5.41) is 15.7. The van der Waals surface area contributed by atoms with Crippen LogP contribution in [0.1, 0.15) is 30.9 Å². The van der Waals surface area contributed by atoms with Crippen LogP contribution in [0.2, 0.25) is 0 Å². The molecule has 0 radical (unpaired) electrons. The maximum Gasteiger partial charge on any atom is 0.256 e. The van der Waals surface area contributed by atoms with Gasteiger partial charge in [0.1, 0.15) is 5.75 Å². The second kappa shape index (κ2) is 8.82. The van der Waals surface area contributed by atoms with Crippen LogP contribution in [0.25, 0.3) is 22.0 Å². The van der Waals surface area contributed by atoms with Crippen LogP contribution in [-0.4, -0.2) is 21.6 Å². The zero-order valence-corrected chi connectivity index (χ0v) is 17.0. The summed E-state index contributed by atoms with van der Waals surface area (Å²) in [6, 6.07) is 21.1. The van der Waals surface area contributed by atoms with Crippen molar-refractivity contribution in [3.63, 3.8) is 0 Å². The molecule has 0 atom stereocenters. The van der Waals surface area contributed by atoms with Crippen LogP contribution in [0.15, 0.2) is 71.5 Å². The third-order valence-corrected chi connectivity index (χ3v) is 5.25. The first kappa shape index (κ1) is 19.7. The molecule has 152 valence electrons. The number of aromatic nitrogens is 2. The van der Waals surface area contributed by atoms with Crippen LogP contribution >= 0.6 is 0 Å². The Kier molecular flexibility index (Phi) is 5.80. The highest BCUT2D eigenvalue weighted by Crippen LogP contribution is 2.31. The Bertz CT molecular complexity index is 1220. The number of anilines is 1. The van der Waals surface area contributed by atoms with Gasteiger partial charge < -0.3 is 10.4 Å². The predicted octanol–water partition coefficient (Wildman–Crippen LogP) is 5.10. The van der Waals surface area contributed by atoms with Crippen molar-refractivity contribution in [2.75, 3.05) is 11.9 Å². The standard InChI is InChI=1S/C25H25N3O2/c1-2-3-15-26-25-27-23(18-10-5-4-6-11-18)21(24(30)28-25)16-20-19-12-8-7-9-17(19)13-14-22(20)29/h4-14,29H,2-3,15-16H2,1H3,(H2,26,27,28,30). The third kappa shape index (κ3) is 4.06. The van der Waals surface area contributed by atoms with Crippen LogP contribution in [0, 0.1) is 0 Å². The van der Waals surface area contributed by atoms with Crippen molar-refractivity contribution in [3.05, 3.63) is 88.2 Å². The molecule has 0 saturated heterocycles. The van der Waals surface area contributed by atoms with Gasteiger partial charge in [0.2, 0.25) is 5.95 Å². The zero-order chi connectivity index (χ0) is 20.9. The van der Waals surface area contributed by atoms with E-state index in [0.717, 1.165) is 41.3 Å². The molecule has 4 rings (SSSR count). The van der Waals surface area contributed by atoms with Gasteiger partial charge in [-0.25, -0.2) is 4.98 Å². The molecule has 4 aromatic rings. The third-order valence-electron chi connectivity index (χ3n) is 5.25. The van der Waals surface area contributed by atoms with Gasteiger partial charge in [-0.1, -0.05) is 74.0 Å². The van der Waals surface area contributed by atoms with Gasteiger partial charge in [-0.15, -0.1) is 0 Å². The fourth-order valence-corrected chi connectivity index (χ4v) is 3.65. The van der Waals surface area contributed by atoms with Crippen LogP contribution < -0.4 is 10.9 Å². The fraction of sp³-hybridized carbons (Fsp3) is 0.200. The predicted molar refractivity (Wildman–Crippen MR) is 122 cm³/mol. The molecule has 5 nitrogen and oxygen atoms in total. The number of hydrogen-bond donors (Lipinski definition) is 3. The molecule has 3 N–H and O–H groups in total.